The van der Waals surface area contributed by atoms with Crippen LogP contribution in [0.1, 0.15) is 56.2 Å². The number of rotatable bonds is 15. The Morgan fingerprint density at radius 1 is 1.00 bits per heavy atom. The van der Waals surface area contributed by atoms with Gasteiger partial charge in [-0.15, -0.1) is 0 Å². The maximum absolute atomic E-state index is 14.8. The van der Waals surface area contributed by atoms with E-state index in [2.05, 4.69) is 18.2 Å². The molecule has 0 amide bonds. The first-order valence-electron chi connectivity index (χ1n) is 13.0. The minimum absolute atomic E-state index is 0.00581. The maximum atomic E-state index is 14.8. The van der Waals surface area contributed by atoms with Crippen LogP contribution in [0.5, 0.6) is 0 Å². The Morgan fingerprint density at radius 2 is 1.63 bits per heavy atom. The molecule has 0 saturated carbocycles. The molecule has 222 valence electrons. The second-order valence-corrected chi connectivity index (χ2v) is 9.28. The fourth-order valence-corrected chi connectivity index (χ4v) is 3.83. The van der Waals surface area contributed by atoms with E-state index >= 15 is 0 Å². The van der Waals surface area contributed by atoms with Gasteiger partial charge in [-0.05, 0) is 78.7 Å². The molecule has 0 aromatic heterocycles. The quantitative estimate of drug-likeness (QED) is 0.115. The molecule has 0 aliphatic rings. The van der Waals surface area contributed by atoms with E-state index in [0.717, 1.165) is 24.8 Å². The molecule has 0 spiro atoms. The van der Waals surface area contributed by atoms with E-state index in [-0.39, 0.29) is 18.4 Å². The van der Waals surface area contributed by atoms with Gasteiger partial charge in [0.25, 0.3) is 0 Å². The van der Waals surface area contributed by atoms with Crippen LogP contribution >= 0.6 is 0 Å². The molecule has 0 heterocycles. The summed E-state index contributed by atoms with van der Waals surface area (Å²) in [5.41, 5.74) is 0.480. The molecule has 1 nitrogen and oxygen atoms in total. The van der Waals surface area contributed by atoms with Crippen LogP contribution in [-0.2, 0) is 17.8 Å². The molecular weight excluding hydrogens is 552 g/mol. The molecule has 9 heteroatoms. The molecule has 41 heavy (non-hydrogen) atoms. The van der Waals surface area contributed by atoms with Gasteiger partial charge in [0, 0.05) is 0 Å². The van der Waals surface area contributed by atoms with Crippen LogP contribution in [0.15, 0.2) is 90.1 Å². The molecule has 0 fully saturated rings. The summed E-state index contributed by atoms with van der Waals surface area (Å²) in [5, 5.41) is 0. The van der Waals surface area contributed by atoms with Crippen molar-refractivity contribution < 1.29 is 39.9 Å². The van der Waals surface area contributed by atoms with Gasteiger partial charge in [-0.1, -0.05) is 62.4 Å². The van der Waals surface area contributed by atoms with Crippen molar-refractivity contribution in [3.05, 3.63) is 124 Å². The lowest BCUT2D eigenvalue weighted by Gasteiger charge is -2.20. The number of unbranched alkanes of at least 4 members (excludes halogenated alkanes) is 1. The largest absolute Gasteiger partial charge is 0.389 e. The van der Waals surface area contributed by atoms with Crippen molar-refractivity contribution in [3.63, 3.8) is 0 Å². The number of aryl methyl sites for hydroxylation is 1. The van der Waals surface area contributed by atoms with E-state index < -0.39 is 59.6 Å². The third-order valence-corrected chi connectivity index (χ3v) is 5.93. The Kier molecular flexibility index (Phi) is 13.3. The van der Waals surface area contributed by atoms with Crippen LogP contribution in [0.3, 0.4) is 0 Å². The first-order valence-corrected chi connectivity index (χ1v) is 13.0. The van der Waals surface area contributed by atoms with E-state index in [9.17, 15) is 35.1 Å². The third kappa shape index (κ3) is 10.5. The molecule has 0 N–H and O–H groups in total. The van der Waals surface area contributed by atoms with E-state index in [1.165, 1.54) is 5.56 Å². The number of alkyl halides is 3. The van der Waals surface area contributed by atoms with Crippen LogP contribution in [0.25, 0.3) is 5.57 Å². The second kappa shape index (κ2) is 16.1. The zero-order chi connectivity index (χ0) is 30.6. The summed E-state index contributed by atoms with van der Waals surface area (Å²) < 4.78 is 115. The predicted octanol–water partition coefficient (Wildman–Crippen LogP) is 10.6. The van der Waals surface area contributed by atoms with Crippen LogP contribution in [-0.4, -0.2) is 12.8 Å². The average molecular weight is 585 g/mol. The van der Waals surface area contributed by atoms with Crippen LogP contribution in [0.4, 0.5) is 35.1 Å². The van der Waals surface area contributed by atoms with Crippen molar-refractivity contribution in [2.24, 2.45) is 0 Å². The summed E-state index contributed by atoms with van der Waals surface area (Å²) in [6, 6.07) is 8.64. The molecule has 0 saturated heterocycles. The monoisotopic (exact) mass is 584 g/mol. The third-order valence-electron chi connectivity index (χ3n) is 5.93. The van der Waals surface area contributed by atoms with Crippen LogP contribution in [0, 0.1) is 17.5 Å². The highest BCUT2D eigenvalue weighted by atomic mass is 19.3. The Balaban J connectivity index is 2.14. The van der Waals surface area contributed by atoms with Gasteiger partial charge in [0.2, 0.25) is 0 Å². The minimum Gasteiger partial charge on any atom is -0.312 e. The van der Waals surface area contributed by atoms with Crippen molar-refractivity contribution >= 4 is 5.57 Å². The lowest BCUT2D eigenvalue weighted by atomic mass is 10.00. The van der Waals surface area contributed by atoms with Gasteiger partial charge in [0.1, 0.15) is 17.2 Å². The van der Waals surface area contributed by atoms with Crippen molar-refractivity contribution in [2.45, 2.75) is 58.7 Å². The summed E-state index contributed by atoms with van der Waals surface area (Å²) in [4.78, 5) is 0. The second-order valence-electron chi connectivity index (χ2n) is 9.28. The highest BCUT2D eigenvalue weighted by molar-refractivity contribution is 5.74. The Hall–Kier alpha value is -3.46. The number of benzene rings is 2. The summed E-state index contributed by atoms with van der Waals surface area (Å²) >= 11 is 0. The minimum atomic E-state index is -4.54. The maximum Gasteiger partial charge on any atom is 0.389 e. The molecule has 2 rings (SSSR count). The molecule has 0 atom stereocenters. The standard InChI is InChI=1S/C32H32F8O/c1-4-5-9-23-12-14-26(15-13-23)25(11-7-16-33)10-6-8-21(2)17-27(35)30(22(3)34)32(39,40)41-20-24-18-28(36)31(38)29(37)19-24/h6,10-15,17-19H,2,4-5,7-9,16,20H2,1,3H3/b10-6-,25-11+,27-17+,30-22-. The average Bonchev–Trinajstić information content (AvgIpc) is 2.91. The normalized spacial score (nSPS) is 13.6. The fourth-order valence-electron chi connectivity index (χ4n) is 3.83. The van der Waals surface area contributed by atoms with E-state index in [1.807, 2.05) is 24.3 Å². The van der Waals surface area contributed by atoms with Crippen molar-refractivity contribution in [1.82, 2.24) is 0 Å². The van der Waals surface area contributed by atoms with Crippen LogP contribution < -0.4 is 0 Å². The molecule has 0 aliphatic heterocycles. The zero-order valence-corrected chi connectivity index (χ0v) is 22.9. The van der Waals surface area contributed by atoms with Gasteiger partial charge in [-0.3, -0.25) is 4.39 Å². The molecule has 0 radical (unpaired) electrons. The molecule has 0 unspecified atom stereocenters. The summed E-state index contributed by atoms with van der Waals surface area (Å²) in [6.45, 7) is 4.58. The number of halogens is 8. The van der Waals surface area contributed by atoms with Gasteiger partial charge in [-0.2, -0.15) is 8.78 Å². The number of hydrogen-bond acceptors (Lipinski definition) is 1. The molecule has 2 aromatic carbocycles. The van der Waals surface area contributed by atoms with Crippen LogP contribution in [0.2, 0.25) is 0 Å². The Morgan fingerprint density at radius 3 is 2.20 bits per heavy atom. The fraction of sp³-hybridized carbons (Fsp3) is 0.312. The van der Waals surface area contributed by atoms with E-state index in [0.29, 0.717) is 30.7 Å². The smallest absolute Gasteiger partial charge is 0.312 e. The van der Waals surface area contributed by atoms with Crippen molar-refractivity contribution in [3.8, 4) is 0 Å². The van der Waals surface area contributed by atoms with Gasteiger partial charge in [0.15, 0.2) is 17.5 Å². The van der Waals surface area contributed by atoms with Gasteiger partial charge >= 0.3 is 6.11 Å². The first-order chi connectivity index (χ1) is 19.4. The Labute approximate surface area is 235 Å². The summed E-state index contributed by atoms with van der Waals surface area (Å²) in [5.74, 6) is -8.33. The zero-order valence-electron chi connectivity index (χ0n) is 22.9. The highest BCUT2D eigenvalue weighted by Gasteiger charge is 2.41. The number of allylic oxidation sites excluding steroid dienone is 7. The summed E-state index contributed by atoms with van der Waals surface area (Å²) in [6.07, 6.45) is 4.25. The van der Waals surface area contributed by atoms with Gasteiger partial charge < -0.3 is 4.74 Å². The number of hydrogen-bond donors (Lipinski definition) is 0. The van der Waals surface area contributed by atoms with Crippen molar-refractivity contribution in [2.75, 3.05) is 6.67 Å². The summed E-state index contributed by atoms with van der Waals surface area (Å²) in [7, 11) is 0. The first kappa shape index (κ1) is 33.7. The molecule has 0 aliphatic carbocycles. The molecule has 0 bridgehead atoms. The lowest BCUT2D eigenvalue weighted by molar-refractivity contribution is -0.217. The molecule has 2 aromatic rings. The van der Waals surface area contributed by atoms with Crippen molar-refractivity contribution in [1.29, 1.82) is 0 Å². The highest BCUT2D eigenvalue weighted by Crippen LogP contribution is 2.36. The van der Waals surface area contributed by atoms with E-state index in [4.69, 9.17) is 0 Å². The van der Waals surface area contributed by atoms with E-state index in [1.54, 1.807) is 18.2 Å². The topological polar surface area (TPSA) is 9.23 Å². The SMILES string of the molecule is C=C(/C=C(F)\C(=C(/C)F)C(F)(F)OCc1cc(F)c(F)c(F)c1)C/C=C\C(=C/CCF)c1ccc(CCCC)cc1. The van der Waals surface area contributed by atoms with Gasteiger partial charge in [0.05, 0.1) is 13.3 Å². The predicted molar refractivity (Wildman–Crippen MR) is 146 cm³/mol. The number of ether oxygens (including phenoxy) is 1. The van der Waals surface area contributed by atoms with Gasteiger partial charge in [-0.25, -0.2) is 22.0 Å². The lowest BCUT2D eigenvalue weighted by Crippen LogP contribution is -2.25. The Bertz CT molecular complexity index is 1280. The molecular formula is C32H32F8O.